The molecule has 1 aliphatic carbocycles. The van der Waals surface area contributed by atoms with Gasteiger partial charge in [0.15, 0.2) is 0 Å². The van der Waals surface area contributed by atoms with Gasteiger partial charge in [0.2, 0.25) is 0 Å². The third-order valence-corrected chi connectivity index (χ3v) is 14.3. The van der Waals surface area contributed by atoms with Gasteiger partial charge >= 0.3 is 0 Å². The van der Waals surface area contributed by atoms with Crippen LogP contribution in [0.3, 0.4) is 0 Å². The van der Waals surface area contributed by atoms with Crippen molar-refractivity contribution < 1.29 is 0 Å². The summed E-state index contributed by atoms with van der Waals surface area (Å²) in [5.74, 6) is 0. The molecule has 0 saturated carbocycles. The van der Waals surface area contributed by atoms with Crippen LogP contribution in [0.25, 0.3) is 72.0 Å². The predicted octanol–water partition coefficient (Wildman–Crippen LogP) is 17.6. The van der Waals surface area contributed by atoms with Crippen molar-refractivity contribution in [2.24, 2.45) is 0 Å². The number of anilines is 3. The van der Waals surface area contributed by atoms with Crippen LogP contribution >= 0.6 is 0 Å². The quantitative estimate of drug-likeness (QED) is 0.140. The Labute approximate surface area is 403 Å². The predicted molar refractivity (Wildman–Crippen MR) is 289 cm³/mol. The first-order valence-electron chi connectivity index (χ1n) is 23.8. The molecule has 0 atom stereocenters. The number of nitrogens with zero attached hydrogens (tertiary/aromatic N) is 2. The molecule has 324 valence electrons. The Morgan fingerprint density at radius 1 is 0.275 bits per heavy atom. The maximum Gasteiger partial charge on any atom is 0.0714 e. The van der Waals surface area contributed by atoms with Gasteiger partial charge in [-0.05, 0) is 127 Å². The van der Waals surface area contributed by atoms with Crippen molar-refractivity contribution in [3.63, 3.8) is 0 Å². The summed E-state index contributed by atoms with van der Waals surface area (Å²) in [6.45, 7) is 0. The van der Waals surface area contributed by atoms with Gasteiger partial charge < -0.3 is 9.47 Å². The average Bonchev–Trinajstić information content (AvgIpc) is 3.92. The molecule has 12 aromatic rings. The maximum absolute atomic E-state index is 2.49. The lowest BCUT2D eigenvalue weighted by Gasteiger charge is -2.34. The Balaban J connectivity index is 0.956. The molecule has 0 bridgehead atoms. The molecule has 0 aliphatic heterocycles. The minimum atomic E-state index is -0.496. The highest BCUT2D eigenvalue weighted by Crippen LogP contribution is 2.56. The van der Waals surface area contributed by atoms with Gasteiger partial charge in [-0.15, -0.1) is 0 Å². The second kappa shape index (κ2) is 16.7. The summed E-state index contributed by atoms with van der Waals surface area (Å²) in [5.41, 5.74) is 21.1. The Bertz CT molecular complexity index is 3780. The standard InChI is InChI=1S/C67H46N2/c1-5-20-47(21-6-1)48-36-39-54(40-37-48)68(53-27-11-4-12-28-53)55-29-19-22-49(44-55)57-30-13-14-31-58(57)50-38-42-62-61-33-16-18-35-65(61)69(66(62)45-50)56-41-43-60-59-32-15-17-34-63(59)67(64(60)46-56,51-23-7-2-8-24-51)52-25-9-3-10-26-52/h1-46H. The summed E-state index contributed by atoms with van der Waals surface area (Å²) in [6, 6.07) is 102. The Kier molecular flexibility index (Phi) is 9.77. The molecule has 2 heteroatoms. The molecule has 0 N–H and O–H groups in total. The van der Waals surface area contributed by atoms with E-state index in [1.54, 1.807) is 0 Å². The van der Waals surface area contributed by atoms with Gasteiger partial charge in [-0.25, -0.2) is 0 Å². The Morgan fingerprint density at radius 3 is 1.48 bits per heavy atom. The lowest BCUT2D eigenvalue weighted by atomic mass is 9.67. The van der Waals surface area contributed by atoms with E-state index in [0.29, 0.717) is 0 Å². The minimum Gasteiger partial charge on any atom is -0.310 e. The van der Waals surface area contributed by atoms with Gasteiger partial charge in [-0.3, -0.25) is 0 Å². The maximum atomic E-state index is 2.49. The Morgan fingerprint density at radius 2 is 0.768 bits per heavy atom. The minimum absolute atomic E-state index is 0.496. The van der Waals surface area contributed by atoms with E-state index in [2.05, 4.69) is 289 Å². The van der Waals surface area contributed by atoms with E-state index in [4.69, 9.17) is 0 Å². The summed E-state index contributed by atoms with van der Waals surface area (Å²) >= 11 is 0. The largest absolute Gasteiger partial charge is 0.310 e. The molecular formula is C67H46N2. The van der Waals surface area contributed by atoms with Crippen LogP contribution in [0.5, 0.6) is 0 Å². The smallest absolute Gasteiger partial charge is 0.0714 e. The number of benzene rings is 11. The van der Waals surface area contributed by atoms with Gasteiger partial charge in [0, 0.05) is 33.5 Å². The first-order valence-corrected chi connectivity index (χ1v) is 23.8. The van der Waals surface area contributed by atoms with Gasteiger partial charge in [0.25, 0.3) is 0 Å². The molecule has 0 spiro atoms. The normalized spacial score (nSPS) is 12.5. The molecular weight excluding hydrogens is 833 g/mol. The van der Waals surface area contributed by atoms with Crippen molar-refractivity contribution >= 4 is 38.9 Å². The highest BCUT2D eigenvalue weighted by Gasteiger charge is 2.46. The molecule has 0 unspecified atom stereocenters. The molecule has 1 aliphatic rings. The molecule has 1 heterocycles. The zero-order valence-corrected chi connectivity index (χ0v) is 38.0. The second-order valence-electron chi connectivity index (χ2n) is 18.0. The van der Waals surface area contributed by atoms with Crippen LogP contribution in [0.15, 0.2) is 279 Å². The highest BCUT2D eigenvalue weighted by molar-refractivity contribution is 6.10. The molecule has 1 aromatic heterocycles. The summed E-state index contributed by atoms with van der Waals surface area (Å²) in [4.78, 5) is 2.35. The van der Waals surface area contributed by atoms with Gasteiger partial charge in [-0.2, -0.15) is 0 Å². The fraction of sp³-hybridized carbons (Fsp3) is 0.0149. The number of aromatic nitrogens is 1. The van der Waals surface area contributed by atoms with Crippen LogP contribution in [0.1, 0.15) is 22.3 Å². The van der Waals surface area contributed by atoms with Gasteiger partial charge in [-0.1, -0.05) is 218 Å². The van der Waals surface area contributed by atoms with Crippen LogP contribution in [0, 0.1) is 0 Å². The van der Waals surface area contributed by atoms with Crippen molar-refractivity contribution in [2.45, 2.75) is 5.41 Å². The van der Waals surface area contributed by atoms with Crippen LogP contribution in [0.4, 0.5) is 17.1 Å². The summed E-state index contributed by atoms with van der Waals surface area (Å²) in [7, 11) is 0. The second-order valence-corrected chi connectivity index (χ2v) is 18.0. The number of rotatable bonds is 9. The highest BCUT2D eigenvalue weighted by atomic mass is 15.1. The van der Waals surface area contributed by atoms with E-state index in [9.17, 15) is 0 Å². The summed E-state index contributed by atoms with van der Waals surface area (Å²) < 4.78 is 2.49. The zero-order valence-electron chi connectivity index (χ0n) is 38.0. The lowest BCUT2D eigenvalue weighted by Crippen LogP contribution is -2.28. The summed E-state index contributed by atoms with van der Waals surface area (Å²) in [6.07, 6.45) is 0. The van der Waals surface area contributed by atoms with Crippen molar-refractivity contribution in [1.29, 1.82) is 0 Å². The number of para-hydroxylation sites is 2. The van der Waals surface area contributed by atoms with E-state index < -0.39 is 5.41 Å². The van der Waals surface area contributed by atoms with Crippen LogP contribution in [-0.4, -0.2) is 4.57 Å². The van der Waals surface area contributed by atoms with E-state index in [1.165, 1.54) is 83.0 Å². The topological polar surface area (TPSA) is 8.17 Å². The van der Waals surface area contributed by atoms with Crippen molar-refractivity contribution in [3.8, 4) is 50.2 Å². The molecule has 2 nitrogen and oxygen atoms in total. The first-order chi connectivity index (χ1) is 34.2. The van der Waals surface area contributed by atoms with Gasteiger partial charge in [0.05, 0.1) is 16.4 Å². The molecule has 0 radical (unpaired) electrons. The first kappa shape index (κ1) is 40.3. The fourth-order valence-electron chi connectivity index (χ4n) is 11.2. The lowest BCUT2D eigenvalue weighted by molar-refractivity contribution is 0.767. The number of hydrogen-bond acceptors (Lipinski definition) is 1. The molecule has 0 fully saturated rings. The molecule has 69 heavy (non-hydrogen) atoms. The molecule has 0 saturated heterocycles. The summed E-state index contributed by atoms with van der Waals surface area (Å²) in [5, 5.41) is 2.46. The third-order valence-electron chi connectivity index (χ3n) is 14.3. The monoisotopic (exact) mass is 878 g/mol. The Hall–Kier alpha value is -8.98. The van der Waals surface area contributed by atoms with Crippen molar-refractivity contribution in [3.05, 3.63) is 301 Å². The van der Waals surface area contributed by atoms with E-state index in [-0.39, 0.29) is 0 Å². The third kappa shape index (κ3) is 6.64. The van der Waals surface area contributed by atoms with E-state index in [0.717, 1.165) is 28.3 Å². The number of hydrogen-bond donors (Lipinski definition) is 0. The van der Waals surface area contributed by atoms with Gasteiger partial charge in [0.1, 0.15) is 0 Å². The molecule has 13 rings (SSSR count). The molecule has 11 aromatic carbocycles. The zero-order chi connectivity index (χ0) is 45.7. The van der Waals surface area contributed by atoms with Crippen LogP contribution in [0.2, 0.25) is 0 Å². The van der Waals surface area contributed by atoms with Crippen molar-refractivity contribution in [1.82, 2.24) is 4.57 Å². The van der Waals surface area contributed by atoms with E-state index >= 15 is 0 Å². The average molecular weight is 879 g/mol. The fourth-order valence-corrected chi connectivity index (χ4v) is 11.2. The SMILES string of the molecule is c1ccc(-c2ccc(N(c3ccccc3)c3cccc(-c4ccccc4-c4ccc5c6ccccc6n(-c6ccc7c(c6)C(c6ccccc6)(c6ccccc6)c6ccccc6-7)c5c4)c3)cc2)cc1. The molecule has 0 amide bonds. The van der Waals surface area contributed by atoms with Crippen LogP contribution < -0.4 is 4.90 Å². The van der Waals surface area contributed by atoms with E-state index in [1.807, 2.05) is 0 Å². The van der Waals surface area contributed by atoms with Crippen LogP contribution in [-0.2, 0) is 5.41 Å². The van der Waals surface area contributed by atoms with Crippen molar-refractivity contribution in [2.75, 3.05) is 4.90 Å². The number of fused-ring (bicyclic) bond motifs is 6.